The van der Waals surface area contributed by atoms with Crippen LogP contribution in [0.4, 0.5) is 5.82 Å². The van der Waals surface area contributed by atoms with Crippen LogP contribution in [-0.2, 0) is 26.4 Å². The first kappa shape index (κ1) is 31.9. The normalized spacial score (nSPS) is 12.9. The van der Waals surface area contributed by atoms with Gasteiger partial charge in [0.15, 0.2) is 8.32 Å². The van der Waals surface area contributed by atoms with Crippen molar-refractivity contribution in [3.8, 4) is 17.0 Å². The molecule has 8 nitrogen and oxygen atoms in total. The van der Waals surface area contributed by atoms with Crippen LogP contribution in [0, 0.1) is 6.92 Å². The van der Waals surface area contributed by atoms with Gasteiger partial charge in [-0.15, -0.1) is 5.10 Å². The van der Waals surface area contributed by atoms with Gasteiger partial charge in [-0.3, -0.25) is 4.72 Å². The van der Waals surface area contributed by atoms with Gasteiger partial charge in [0.05, 0.1) is 30.2 Å². The summed E-state index contributed by atoms with van der Waals surface area (Å²) >= 11 is 0. The number of benzene rings is 2. The molecule has 0 atom stereocenters. The van der Waals surface area contributed by atoms with Crippen LogP contribution in [0.15, 0.2) is 53.4 Å². The van der Waals surface area contributed by atoms with Crippen molar-refractivity contribution in [3.05, 3.63) is 59.7 Å². The van der Waals surface area contributed by atoms with Gasteiger partial charge in [-0.25, -0.2) is 13.1 Å². The highest BCUT2D eigenvalue weighted by Gasteiger charge is 2.37. The lowest BCUT2D eigenvalue weighted by atomic mass is 9.87. The van der Waals surface area contributed by atoms with Crippen LogP contribution in [0.5, 0.6) is 5.88 Å². The lowest BCUT2D eigenvalue weighted by Crippen LogP contribution is -2.41. The molecule has 40 heavy (non-hydrogen) atoms. The second-order valence-corrected chi connectivity index (χ2v) is 19.2. The van der Waals surface area contributed by atoms with Crippen molar-refractivity contribution in [3.63, 3.8) is 0 Å². The van der Waals surface area contributed by atoms with Crippen LogP contribution in [0.2, 0.25) is 18.1 Å². The number of nitrogens with one attached hydrogen (secondary N) is 1. The van der Waals surface area contributed by atoms with Gasteiger partial charge < -0.3 is 14.3 Å². The number of anilines is 1. The summed E-state index contributed by atoms with van der Waals surface area (Å²) in [4.78, 5) is 0.151. The van der Waals surface area contributed by atoms with Crippen LogP contribution in [0.3, 0.4) is 0 Å². The molecule has 0 aliphatic rings. The second-order valence-electron chi connectivity index (χ2n) is 12.7. The predicted octanol–water partition coefficient (Wildman–Crippen LogP) is 6.35. The number of aromatic nitrogens is 2. The van der Waals surface area contributed by atoms with Gasteiger partial charge in [0.1, 0.15) is 12.4 Å². The molecule has 0 aliphatic carbocycles. The Bertz CT molecular complexity index is 1390. The van der Waals surface area contributed by atoms with Crippen molar-refractivity contribution in [2.45, 2.75) is 83.5 Å². The van der Waals surface area contributed by atoms with Crippen molar-refractivity contribution < 1.29 is 22.7 Å². The van der Waals surface area contributed by atoms with Gasteiger partial charge in [0.25, 0.3) is 10.0 Å². The molecule has 0 spiro atoms. The zero-order chi connectivity index (χ0) is 29.9. The quantitative estimate of drug-likeness (QED) is 0.254. The summed E-state index contributed by atoms with van der Waals surface area (Å²) in [6, 6.07) is 14.6. The Labute approximate surface area is 240 Å². The molecule has 10 heteroatoms. The number of nitrogens with zero attached hydrogens (tertiary/aromatic N) is 2. The summed E-state index contributed by atoms with van der Waals surface area (Å²) in [5.41, 5.74) is 3.26. The highest BCUT2D eigenvalue weighted by molar-refractivity contribution is 7.92. The third-order valence-electron chi connectivity index (χ3n) is 7.42. The Hall–Kier alpha value is -2.66. The van der Waals surface area contributed by atoms with Crippen LogP contribution in [-0.4, -0.2) is 51.4 Å². The Balaban J connectivity index is 2.08. The molecule has 0 bridgehead atoms. The minimum absolute atomic E-state index is 0.0246. The molecule has 3 aromatic rings. The number of sulfonamides is 1. The van der Waals surface area contributed by atoms with Crippen LogP contribution >= 0.6 is 0 Å². The molecule has 0 saturated carbocycles. The van der Waals surface area contributed by atoms with Crippen molar-refractivity contribution >= 4 is 24.2 Å². The summed E-state index contributed by atoms with van der Waals surface area (Å²) in [5.74, 6) is 0.529. The van der Waals surface area contributed by atoms with Gasteiger partial charge in [-0.1, -0.05) is 83.5 Å². The zero-order valence-electron chi connectivity index (χ0n) is 25.3. The number of hydrogen-bond donors (Lipinski definition) is 2. The minimum atomic E-state index is -3.97. The van der Waals surface area contributed by atoms with Gasteiger partial charge >= 0.3 is 0 Å². The first-order valence-electron chi connectivity index (χ1n) is 13.6. The highest BCUT2D eigenvalue weighted by atomic mass is 32.2. The fourth-order valence-corrected chi connectivity index (χ4v) is 5.96. The molecule has 0 saturated heterocycles. The fourth-order valence-electron chi connectivity index (χ4n) is 3.85. The molecule has 0 radical (unpaired) electrons. The zero-order valence-corrected chi connectivity index (χ0v) is 27.1. The first-order valence-corrected chi connectivity index (χ1v) is 18.0. The molecule has 3 rings (SSSR count). The maximum absolute atomic E-state index is 13.7. The van der Waals surface area contributed by atoms with Crippen LogP contribution in [0.25, 0.3) is 11.1 Å². The number of aliphatic hydroxyl groups is 1. The largest absolute Gasteiger partial charge is 0.474 e. The van der Waals surface area contributed by atoms with Gasteiger partial charge in [-0.05, 0) is 53.7 Å². The van der Waals surface area contributed by atoms with E-state index in [1.807, 2.05) is 43.3 Å². The van der Waals surface area contributed by atoms with E-state index in [1.165, 1.54) is 0 Å². The Morgan fingerprint density at radius 3 is 2.08 bits per heavy atom. The fraction of sp³-hybridized carbons (Fsp3) is 0.500. The molecule has 0 unspecified atom stereocenters. The summed E-state index contributed by atoms with van der Waals surface area (Å²) in [6.07, 6.45) is 0. The Morgan fingerprint density at radius 1 is 0.950 bits per heavy atom. The van der Waals surface area contributed by atoms with Crippen molar-refractivity contribution in [2.24, 2.45) is 0 Å². The van der Waals surface area contributed by atoms with E-state index in [0.29, 0.717) is 18.7 Å². The van der Waals surface area contributed by atoms with Crippen LogP contribution < -0.4 is 9.46 Å². The van der Waals surface area contributed by atoms with Gasteiger partial charge in [-0.2, -0.15) is 0 Å². The number of hydrogen-bond acceptors (Lipinski definition) is 6. The predicted molar refractivity (Wildman–Crippen MR) is 164 cm³/mol. The lowest BCUT2D eigenvalue weighted by Gasteiger charge is -2.36. The number of aliphatic hydroxyl groups excluding tert-OH is 1. The third kappa shape index (κ3) is 7.54. The molecule has 2 aromatic carbocycles. The number of aryl methyl sites for hydroxylation is 1. The maximum atomic E-state index is 13.7. The molecular formula is C30H45N3O5SSi. The maximum Gasteiger partial charge on any atom is 0.263 e. The minimum Gasteiger partial charge on any atom is -0.474 e. The average Bonchev–Trinajstić information content (AvgIpc) is 3.18. The van der Waals surface area contributed by atoms with Crippen LogP contribution in [0.1, 0.15) is 52.7 Å². The van der Waals surface area contributed by atoms with E-state index in [0.717, 1.165) is 16.7 Å². The standard InChI is InChI=1S/C30H45N3O5SSi/c1-22-10-12-23(13-11-22)26-27(32-39(35,36)25-16-14-24(15-17-25)29(2,3)4)33(31-28(26)37-21-19-34)18-20-38-40(8,9)30(5,6)7/h10-17,32,34H,18-21H2,1-9H3. The van der Waals surface area contributed by atoms with Crippen molar-refractivity contribution in [1.29, 1.82) is 0 Å². The van der Waals surface area contributed by atoms with E-state index in [4.69, 9.17) is 9.16 Å². The smallest absolute Gasteiger partial charge is 0.263 e. The average molecular weight is 588 g/mol. The van der Waals surface area contributed by atoms with E-state index in [-0.39, 0.29) is 40.3 Å². The Kier molecular flexibility index (Phi) is 9.61. The molecule has 0 amide bonds. The topological polar surface area (TPSA) is 103 Å². The summed E-state index contributed by atoms with van der Waals surface area (Å²) in [7, 11) is -6.01. The molecule has 1 heterocycles. The van der Waals surface area contributed by atoms with E-state index >= 15 is 0 Å². The first-order chi connectivity index (χ1) is 18.5. The van der Waals surface area contributed by atoms with E-state index in [1.54, 1.807) is 16.8 Å². The monoisotopic (exact) mass is 587 g/mol. The lowest BCUT2D eigenvalue weighted by molar-refractivity contribution is 0.195. The molecule has 0 fully saturated rings. The summed E-state index contributed by atoms with van der Waals surface area (Å²) in [5, 5.41) is 14.1. The van der Waals surface area contributed by atoms with E-state index in [9.17, 15) is 13.5 Å². The van der Waals surface area contributed by atoms with Gasteiger partial charge in [0, 0.05) is 0 Å². The van der Waals surface area contributed by atoms with E-state index < -0.39 is 18.3 Å². The number of ether oxygens (including phenoxy) is 1. The molecule has 0 aliphatic heterocycles. The molecule has 2 N–H and O–H groups in total. The summed E-state index contributed by atoms with van der Waals surface area (Å²) < 4.78 is 44.0. The second kappa shape index (κ2) is 12.1. The van der Waals surface area contributed by atoms with Crippen molar-refractivity contribution in [1.82, 2.24) is 9.78 Å². The van der Waals surface area contributed by atoms with E-state index in [2.05, 4.69) is 64.5 Å². The molecule has 220 valence electrons. The molecule has 1 aromatic heterocycles. The van der Waals surface area contributed by atoms with Crippen molar-refractivity contribution in [2.75, 3.05) is 24.5 Å². The summed E-state index contributed by atoms with van der Waals surface area (Å²) in [6.45, 7) is 19.6. The third-order valence-corrected chi connectivity index (χ3v) is 13.3. The van der Waals surface area contributed by atoms with Gasteiger partial charge in [0.2, 0.25) is 5.88 Å². The number of rotatable bonds is 11. The highest BCUT2D eigenvalue weighted by Crippen LogP contribution is 2.39. The SMILES string of the molecule is Cc1ccc(-c2c(OCCO)nn(CCO[Si](C)(C)C(C)(C)C)c2NS(=O)(=O)c2ccc(C(C)(C)C)cc2)cc1. The molecular weight excluding hydrogens is 542 g/mol. The Morgan fingerprint density at radius 2 is 1.55 bits per heavy atom.